The van der Waals surface area contributed by atoms with Crippen LogP contribution in [0.25, 0.3) is 0 Å². The maximum absolute atomic E-state index is 13.5. The number of likely N-dealkylation sites (tertiary alicyclic amines) is 1. The van der Waals surface area contributed by atoms with Crippen molar-refractivity contribution >= 4 is 17.7 Å². The lowest BCUT2D eigenvalue weighted by molar-refractivity contribution is -0.158. The van der Waals surface area contributed by atoms with E-state index in [9.17, 15) is 14.4 Å². The Morgan fingerprint density at radius 2 is 1.50 bits per heavy atom. The summed E-state index contributed by atoms with van der Waals surface area (Å²) in [5, 5.41) is 0. The molecule has 0 unspecified atom stereocenters. The minimum Gasteiger partial charge on any atom is -0.464 e. The zero-order valence-corrected chi connectivity index (χ0v) is 19.5. The highest BCUT2D eigenvalue weighted by Gasteiger charge is 2.57. The Morgan fingerprint density at radius 1 is 0.969 bits per heavy atom. The van der Waals surface area contributed by atoms with Gasteiger partial charge in [0.15, 0.2) is 0 Å². The molecule has 32 heavy (non-hydrogen) atoms. The number of amides is 1. The van der Waals surface area contributed by atoms with Gasteiger partial charge in [-0.15, -0.1) is 0 Å². The molecule has 0 radical (unpaired) electrons. The number of rotatable bonds is 8. The maximum Gasteiger partial charge on any atom is 0.330 e. The van der Waals surface area contributed by atoms with Crippen molar-refractivity contribution in [2.45, 2.75) is 58.4 Å². The molecule has 0 aliphatic carbocycles. The van der Waals surface area contributed by atoms with E-state index in [0.717, 1.165) is 11.1 Å². The van der Waals surface area contributed by atoms with Crippen LogP contribution in [0.4, 0.5) is 0 Å². The largest absolute Gasteiger partial charge is 0.464 e. The number of ether oxygens (including phenoxy) is 1. The summed E-state index contributed by atoms with van der Waals surface area (Å²) in [6, 6.07) is 18.6. The second-order valence-corrected chi connectivity index (χ2v) is 9.09. The molecule has 1 fully saturated rings. The summed E-state index contributed by atoms with van der Waals surface area (Å²) < 4.78 is 5.60. The molecule has 5 nitrogen and oxygen atoms in total. The molecule has 0 aromatic heterocycles. The van der Waals surface area contributed by atoms with E-state index in [1.54, 1.807) is 13.8 Å². The summed E-state index contributed by atoms with van der Waals surface area (Å²) in [5.74, 6) is -1.54. The average molecular weight is 436 g/mol. The van der Waals surface area contributed by atoms with Gasteiger partial charge in [-0.3, -0.25) is 9.59 Å². The molecule has 3 rings (SSSR count). The predicted molar refractivity (Wildman–Crippen MR) is 124 cm³/mol. The van der Waals surface area contributed by atoms with Gasteiger partial charge in [0.05, 0.1) is 12.0 Å². The van der Waals surface area contributed by atoms with E-state index in [2.05, 4.69) is 0 Å². The molecule has 1 atom stereocenters. The van der Waals surface area contributed by atoms with Crippen LogP contribution in [0, 0.1) is 5.41 Å². The van der Waals surface area contributed by atoms with Gasteiger partial charge in [0, 0.05) is 12.0 Å². The molecular formula is C27H33NO4. The monoisotopic (exact) mass is 435 g/mol. The van der Waals surface area contributed by atoms with Gasteiger partial charge in [-0.25, -0.2) is 4.79 Å². The van der Waals surface area contributed by atoms with E-state index in [4.69, 9.17) is 4.74 Å². The van der Waals surface area contributed by atoms with Gasteiger partial charge in [-0.2, -0.15) is 0 Å². The quantitative estimate of drug-likeness (QED) is 0.451. The molecule has 170 valence electrons. The highest BCUT2D eigenvalue weighted by molar-refractivity contribution is 6.38. The fourth-order valence-electron chi connectivity index (χ4n) is 4.48. The Hall–Kier alpha value is -2.95. The fourth-order valence-corrected chi connectivity index (χ4v) is 4.48. The minimum absolute atomic E-state index is 0.269. The number of hydrogen-bond acceptors (Lipinski definition) is 4. The van der Waals surface area contributed by atoms with Crippen molar-refractivity contribution in [3.05, 3.63) is 71.8 Å². The number of Topliss-reactive ketones (excluding diaryl/α,β-unsaturated/α-hetero) is 1. The third-order valence-corrected chi connectivity index (χ3v) is 6.73. The van der Waals surface area contributed by atoms with Crippen LogP contribution in [0.3, 0.4) is 0 Å². The van der Waals surface area contributed by atoms with Crippen molar-refractivity contribution in [3.63, 3.8) is 0 Å². The van der Waals surface area contributed by atoms with Gasteiger partial charge in [0.1, 0.15) is 6.04 Å². The summed E-state index contributed by atoms with van der Waals surface area (Å²) in [5.41, 5.74) is 0.281. The van der Waals surface area contributed by atoms with Gasteiger partial charge in [0.2, 0.25) is 5.78 Å². The minimum atomic E-state index is -0.914. The summed E-state index contributed by atoms with van der Waals surface area (Å²) >= 11 is 0. The molecule has 1 heterocycles. The van der Waals surface area contributed by atoms with E-state index < -0.39 is 34.5 Å². The Bertz CT molecular complexity index is 913. The molecule has 1 saturated heterocycles. The third kappa shape index (κ3) is 4.21. The van der Waals surface area contributed by atoms with E-state index >= 15 is 0 Å². The van der Waals surface area contributed by atoms with E-state index in [0.29, 0.717) is 25.8 Å². The number of esters is 1. The van der Waals surface area contributed by atoms with E-state index in [-0.39, 0.29) is 6.61 Å². The zero-order valence-electron chi connectivity index (χ0n) is 19.5. The first-order valence-electron chi connectivity index (χ1n) is 11.4. The second-order valence-electron chi connectivity index (χ2n) is 9.09. The van der Waals surface area contributed by atoms with Gasteiger partial charge in [-0.05, 0) is 30.4 Å². The number of hydrogen-bond donors (Lipinski definition) is 0. The molecule has 1 aliphatic rings. The number of ketones is 1. The van der Waals surface area contributed by atoms with Crippen LogP contribution in [0.2, 0.25) is 0 Å². The highest BCUT2D eigenvalue weighted by Crippen LogP contribution is 2.46. The maximum atomic E-state index is 13.5. The second kappa shape index (κ2) is 9.68. The molecule has 1 amide bonds. The van der Waals surface area contributed by atoms with Crippen LogP contribution in [0.15, 0.2) is 60.7 Å². The SMILES string of the molecule is CCCOC(=O)[C@H]1N(C(=O)C(=O)C(C)(C)CC)CCC1(c1ccccc1)c1ccccc1. The molecular weight excluding hydrogens is 402 g/mol. The first-order valence-corrected chi connectivity index (χ1v) is 11.4. The topological polar surface area (TPSA) is 63.7 Å². The Kier molecular flexibility index (Phi) is 7.17. The Balaban J connectivity index is 2.17. The molecule has 5 heteroatoms. The van der Waals surface area contributed by atoms with Crippen LogP contribution in [0.1, 0.15) is 58.1 Å². The highest BCUT2D eigenvalue weighted by atomic mass is 16.5. The lowest BCUT2D eigenvalue weighted by atomic mass is 9.69. The fraction of sp³-hybridized carbons (Fsp3) is 0.444. The number of carbonyl (C=O) groups is 3. The van der Waals surface area contributed by atoms with Crippen molar-refractivity contribution in [3.8, 4) is 0 Å². The molecule has 1 aliphatic heterocycles. The van der Waals surface area contributed by atoms with Crippen molar-refractivity contribution in [1.82, 2.24) is 4.90 Å². The van der Waals surface area contributed by atoms with Gasteiger partial charge in [-0.1, -0.05) is 88.4 Å². The summed E-state index contributed by atoms with van der Waals surface area (Å²) in [4.78, 5) is 41.5. The predicted octanol–water partition coefficient (Wildman–Crippen LogP) is 4.53. The molecule has 2 aromatic rings. The lowest BCUT2D eigenvalue weighted by Crippen LogP contribution is -2.54. The summed E-state index contributed by atoms with van der Waals surface area (Å²) in [7, 11) is 0. The van der Waals surface area contributed by atoms with Crippen LogP contribution in [-0.2, 0) is 24.5 Å². The van der Waals surface area contributed by atoms with Crippen LogP contribution in [0.5, 0.6) is 0 Å². The normalized spacial score (nSPS) is 17.8. The molecule has 0 bridgehead atoms. The summed E-state index contributed by atoms with van der Waals surface area (Å²) in [6.45, 7) is 7.94. The van der Waals surface area contributed by atoms with E-state index in [1.165, 1.54) is 4.90 Å². The van der Waals surface area contributed by atoms with Crippen molar-refractivity contribution in [2.24, 2.45) is 5.41 Å². The summed E-state index contributed by atoms with van der Waals surface area (Å²) in [6.07, 6.45) is 1.75. The first kappa shape index (κ1) is 23.7. The van der Waals surface area contributed by atoms with Crippen LogP contribution >= 0.6 is 0 Å². The molecule has 0 N–H and O–H groups in total. The molecule has 0 spiro atoms. The lowest BCUT2D eigenvalue weighted by Gasteiger charge is -2.38. The first-order chi connectivity index (χ1) is 15.3. The number of benzene rings is 2. The average Bonchev–Trinajstić information content (AvgIpc) is 3.24. The van der Waals surface area contributed by atoms with Gasteiger partial charge in [0.25, 0.3) is 5.91 Å². The van der Waals surface area contributed by atoms with E-state index in [1.807, 2.05) is 74.5 Å². The van der Waals surface area contributed by atoms with Gasteiger partial charge >= 0.3 is 5.97 Å². The zero-order chi connectivity index (χ0) is 23.4. The van der Waals surface area contributed by atoms with Crippen molar-refractivity contribution < 1.29 is 19.1 Å². The Labute approximate surface area is 190 Å². The molecule has 2 aromatic carbocycles. The number of carbonyl (C=O) groups excluding carboxylic acids is 3. The van der Waals surface area contributed by atoms with Crippen LogP contribution in [-0.4, -0.2) is 41.8 Å². The third-order valence-electron chi connectivity index (χ3n) is 6.73. The number of nitrogens with zero attached hydrogens (tertiary/aromatic N) is 1. The van der Waals surface area contributed by atoms with Gasteiger partial charge < -0.3 is 9.64 Å². The Morgan fingerprint density at radius 3 is 1.97 bits per heavy atom. The molecule has 0 saturated carbocycles. The standard InChI is InChI=1S/C27H33NO4/c1-5-19-32-25(31)22-27(20-13-9-7-10-14-20,21-15-11-8-12-16-21)17-18-28(22)24(30)23(29)26(3,4)6-2/h7-16,22H,5-6,17-19H2,1-4H3/t22-/m1/s1. The van der Waals surface area contributed by atoms with Crippen LogP contribution < -0.4 is 0 Å². The van der Waals surface area contributed by atoms with Crippen molar-refractivity contribution in [1.29, 1.82) is 0 Å². The smallest absolute Gasteiger partial charge is 0.330 e. The van der Waals surface area contributed by atoms with Crippen molar-refractivity contribution in [2.75, 3.05) is 13.2 Å².